The highest BCUT2D eigenvalue weighted by Crippen LogP contribution is 2.28. The van der Waals surface area contributed by atoms with Gasteiger partial charge in [-0.3, -0.25) is 9.69 Å². The predicted molar refractivity (Wildman–Crippen MR) is 73.0 cm³/mol. The van der Waals surface area contributed by atoms with E-state index in [0.29, 0.717) is 12.6 Å². The van der Waals surface area contributed by atoms with E-state index in [0.717, 1.165) is 29.1 Å². The first-order valence-electron chi connectivity index (χ1n) is 6.78. The highest BCUT2D eigenvalue weighted by atomic mass is 32.1. The molecule has 1 aliphatic rings. The molecular formula is C14H18F3NOS. The summed E-state index contributed by atoms with van der Waals surface area (Å²) in [6.07, 6.45) is 1.23. The maximum absolute atomic E-state index is 12.3. The van der Waals surface area contributed by atoms with Crippen molar-refractivity contribution in [3.8, 4) is 0 Å². The zero-order chi connectivity index (χ0) is 14.8. The third kappa shape index (κ3) is 3.82. The van der Waals surface area contributed by atoms with Gasteiger partial charge in [-0.15, -0.1) is 11.3 Å². The van der Waals surface area contributed by atoms with Gasteiger partial charge >= 0.3 is 6.18 Å². The van der Waals surface area contributed by atoms with Gasteiger partial charge in [0, 0.05) is 17.5 Å². The fourth-order valence-electron chi connectivity index (χ4n) is 2.62. The normalized spacial score (nSPS) is 17.6. The summed E-state index contributed by atoms with van der Waals surface area (Å²) in [4.78, 5) is 13.9. The molecular weight excluding hydrogens is 287 g/mol. The lowest BCUT2D eigenvalue weighted by molar-refractivity contribution is -0.0882. The largest absolute Gasteiger partial charge is 0.455 e. The Balaban J connectivity index is 1.97. The molecule has 1 aromatic rings. The van der Waals surface area contributed by atoms with Crippen molar-refractivity contribution >= 4 is 17.1 Å². The second kappa shape index (κ2) is 6.26. The van der Waals surface area contributed by atoms with Crippen molar-refractivity contribution in [3.05, 3.63) is 21.9 Å². The number of hydrogen-bond donors (Lipinski definition) is 0. The van der Waals surface area contributed by atoms with E-state index in [1.807, 2.05) is 7.05 Å². The highest BCUT2D eigenvalue weighted by Gasteiger charge is 2.40. The number of Topliss-reactive ketones (excluding diaryl/α,β-unsaturated/α-hetero) is 1. The minimum atomic E-state index is -4.78. The van der Waals surface area contributed by atoms with Gasteiger partial charge in [0.25, 0.3) is 5.78 Å². The summed E-state index contributed by atoms with van der Waals surface area (Å²) < 4.78 is 37.0. The maximum Gasteiger partial charge on any atom is 0.455 e. The van der Waals surface area contributed by atoms with E-state index in [1.165, 1.54) is 25.3 Å². The summed E-state index contributed by atoms with van der Waals surface area (Å²) in [5.41, 5.74) is 0. The summed E-state index contributed by atoms with van der Waals surface area (Å²) in [6.45, 7) is 0.612. The molecule has 0 atom stereocenters. The number of thiophene rings is 1. The van der Waals surface area contributed by atoms with Gasteiger partial charge in [-0.1, -0.05) is 19.3 Å². The third-order valence-electron chi connectivity index (χ3n) is 3.75. The molecule has 6 heteroatoms. The van der Waals surface area contributed by atoms with Crippen molar-refractivity contribution in [1.29, 1.82) is 0 Å². The van der Waals surface area contributed by atoms with Crippen LogP contribution in [0.15, 0.2) is 12.1 Å². The first-order chi connectivity index (χ1) is 9.38. The molecule has 2 rings (SSSR count). The molecule has 0 radical (unpaired) electrons. The standard InChI is InChI=1S/C14H18F3NOS/c1-18(10-5-3-2-4-6-10)9-11-7-8-12(20-11)13(19)14(15,16)17/h7-8,10H,2-6,9H2,1H3. The van der Waals surface area contributed by atoms with E-state index in [9.17, 15) is 18.0 Å². The molecule has 0 N–H and O–H groups in total. The molecule has 1 heterocycles. The Bertz CT molecular complexity index is 463. The quantitative estimate of drug-likeness (QED) is 0.775. The van der Waals surface area contributed by atoms with Crippen LogP contribution in [0.4, 0.5) is 13.2 Å². The van der Waals surface area contributed by atoms with Crippen LogP contribution in [0.1, 0.15) is 46.7 Å². The van der Waals surface area contributed by atoms with Gasteiger partial charge in [0.15, 0.2) is 0 Å². The second-order valence-corrected chi connectivity index (χ2v) is 6.47. The number of alkyl halides is 3. The summed E-state index contributed by atoms with van der Waals surface area (Å²) in [7, 11) is 2.00. The Hall–Kier alpha value is -0.880. The SMILES string of the molecule is CN(Cc1ccc(C(=O)C(F)(F)F)s1)C1CCCCC1. The van der Waals surface area contributed by atoms with Gasteiger partial charge in [-0.2, -0.15) is 13.2 Å². The van der Waals surface area contributed by atoms with E-state index in [1.54, 1.807) is 6.07 Å². The molecule has 1 saturated carbocycles. The van der Waals surface area contributed by atoms with E-state index in [2.05, 4.69) is 4.90 Å². The van der Waals surface area contributed by atoms with Gasteiger partial charge in [0.2, 0.25) is 0 Å². The van der Waals surface area contributed by atoms with Crippen LogP contribution >= 0.6 is 11.3 Å². The Morgan fingerprint density at radius 3 is 2.55 bits per heavy atom. The minimum Gasteiger partial charge on any atom is -0.298 e. The van der Waals surface area contributed by atoms with Crippen molar-refractivity contribution in [2.24, 2.45) is 0 Å². The molecule has 0 aliphatic heterocycles. The average Bonchev–Trinajstić information content (AvgIpc) is 2.86. The fourth-order valence-corrected chi connectivity index (χ4v) is 3.65. The molecule has 0 saturated heterocycles. The van der Waals surface area contributed by atoms with Gasteiger partial charge in [-0.25, -0.2) is 0 Å². The van der Waals surface area contributed by atoms with Gasteiger partial charge in [0.05, 0.1) is 4.88 Å². The molecule has 0 unspecified atom stereocenters. The van der Waals surface area contributed by atoms with E-state index >= 15 is 0 Å². The van der Waals surface area contributed by atoms with Crippen molar-refractivity contribution in [2.75, 3.05) is 7.05 Å². The summed E-state index contributed by atoms with van der Waals surface area (Å²) in [5, 5.41) is 0. The zero-order valence-electron chi connectivity index (χ0n) is 11.4. The van der Waals surface area contributed by atoms with Gasteiger partial charge < -0.3 is 0 Å². The molecule has 2 nitrogen and oxygen atoms in total. The van der Waals surface area contributed by atoms with Crippen molar-refractivity contribution in [2.45, 2.75) is 50.9 Å². The van der Waals surface area contributed by atoms with Crippen LogP contribution in [0, 0.1) is 0 Å². The van der Waals surface area contributed by atoms with Crippen molar-refractivity contribution < 1.29 is 18.0 Å². The Kier molecular flexibility index (Phi) is 4.86. The average molecular weight is 305 g/mol. The predicted octanol–water partition coefficient (Wildman–Crippen LogP) is 4.26. The molecule has 0 spiro atoms. The highest BCUT2D eigenvalue weighted by molar-refractivity contribution is 7.14. The molecule has 112 valence electrons. The number of carbonyl (C=O) groups is 1. The molecule has 0 bridgehead atoms. The van der Waals surface area contributed by atoms with E-state index in [4.69, 9.17) is 0 Å². The van der Waals surface area contributed by atoms with E-state index < -0.39 is 12.0 Å². The fraction of sp³-hybridized carbons (Fsp3) is 0.643. The van der Waals surface area contributed by atoms with E-state index in [-0.39, 0.29) is 4.88 Å². The number of halogens is 3. The lowest BCUT2D eigenvalue weighted by atomic mass is 9.94. The molecule has 0 amide bonds. The Morgan fingerprint density at radius 1 is 1.30 bits per heavy atom. The molecule has 1 aliphatic carbocycles. The topological polar surface area (TPSA) is 20.3 Å². The van der Waals surface area contributed by atoms with Crippen LogP contribution in [0.2, 0.25) is 0 Å². The van der Waals surface area contributed by atoms with Crippen LogP contribution in [-0.2, 0) is 6.54 Å². The Morgan fingerprint density at radius 2 is 1.95 bits per heavy atom. The monoisotopic (exact) mass is 305 g/mol. The maximum atomic E-state index is 12.3. The minimum absolute atomic E-state index is 0.218. The van der Waals surface area contributed by atoms with Crippen LogP contribution in [-0.4, -0.2) is 29.9 Å². The van der Waals surface area contributed by atoms with Crippen molar-refractivity contribution in [1.82, 2.24) is 4.90 Å². The number of rotatable bonds is 4. The first-order valence-corrected chi connectivity index (χ1v) is 7.60. The van der Waals surface area contributed by atoms with Gasteiger partial charge in [-0.05, 0) is 32.0 Å². The zero-order valence-corrected chi connectivity index (χ0v) is 12.2. The first kappa shape index (κ1) is 15.5. The van der Waals surface area contributed by atoms with Crippen LogP contribution < -0.4 is 0 Å². The lowest BCUT2D eigenvalue weighted by Crippen LogP contribution is -2.32. The molecule has 0 aromatic carbocycles. The van der Waals surface area contributed by atoms with Crippen LogP contribution in [0.5, 0.6) is 0 Å². The third-order valence-corrected chi connectivity index (χ3v) is 4.81. The molecule has 20 heavy (non-hydrogen) atoms. The van der Waals surface area contributed by atoms with Crippen molar-refractivity contribution in [3.63, 3.8) is 0 Å². The molecule has 1 fully saturated rings. The number of hydrogen-bond acceptors (Lipinski definition) is 3. The summed E-state index contributed by atoms with van der Waals surface area (Å²) >= 11 is 0.949. The van der Waals surface area contributed by atoms with Crippen LogP contribution in [0.25, 0.3) is 0 Å². The molecule has 1 aromatic heterocycles. The second-order valence-electron chi connectivity index (χ2n) is 5.30. The number of nitrogens with zero attached hydrogens (tertiary/aromatic N) is 1. The smallest absolute Gasteiger partial charge is 0.298 e. The Labute approximate surface area is 120 Å². The summed E-state index contributed by atoms with van der Waals surface area (Å²) in [6, 6.07) is 3.42. The van der Waals surface area contributed by atoms with Crippen LogP contribution in [0.3, 0.4) is 0 Å². The lowest BCUT2D eigenvalue weighted by Gasteiger charge is -2.30. The number of ketones is 1. The summed E-state index contributed by atoms with van der Waals surface area (Å²) in [5.74, 6) is -1.74. The number of carbonyl (C=O) groups excluding carboxylic acids is 1. The van der Waals surface area contributed by atoms with Gasteiger partial charge in [0.1, 0.15) is 0 Å².